The Morgan fingerprint density at radius 3 is 0.831 bits per heavy atom. The van der Waals surface area contributed by atoms with Gasteiger partial charge in [-0.1, -0.05) is 431 Å². The smallest absolute Gasteiger partial charge is 0.387 e. The van der Waals surface area contributed by atoms with E-state index in [9.17, 15) is 19.4 Å². The first-order valence-electron chi connectivity index (χ1n) is 40.6. The summed E-state index contributed by atoms with van der Waals surface area (Å²) in [7, 11) is 1.60. The van der Waals surface area contributed by atoms with Gasteiger partial charge in [-0.15, -0.1) is 0 Å². The SMILES string of the molecule is CCCCCCCCCCCCCCCCCCCCCCCCCCCCCC/C=C/C(O)C(COP(=O)(O)OCC[N+](C)(C)C)NC(=O)CCCCCCCCCCCCCCCCCCCCCCCCCCCCCCCCCCCCCCC. The van der Waals surface area contributed by atoms with E-state index in [4.69, 9.17) is 9.05 Å². The molecular weight excluding hydrogens is 1120 g/mol. The number of carbonyl (C=O) groups is 1. The second kappa shape index (κ2) is 71.5. The van der Waals surface area contributed by atoms with Crippen LogP contribution in [-0.2, 0) is 18.4 Å². The third-order valence-electron chi connectivity index (χ3n) is 19.3. The Morgan fingerprint density at radius 2 is 0.596 bits per heavy atom. The molecule has 1 amide bonds. The van der Waals surface area contributed by atoms with Crippen LogP contribution in [0.25, 0.3) is 0 Å². The normalized spacial score (nSPS) is 13.5. The molecule has 0 rings (SSSR count). The number of carbonyl (C=O) groups excluding carboxylic acids is 1. The number of nitrogens with one attached hydrogen (secondary N) is 1. The summed E-state index contributed by atoms with van der Waals surface area (Å²) in [6, 6.07) is -0.845. The molecule has 0 fully saturated rings. The lowest BCUT2D eigenvalue weighted by Crippen LogP contribution is -2.45. The number of rotatable bonds is 77. The van der Waals surface area contributed by atoms with Crippen LogP contribution in [0.1, 0.15) is 444 Å². The molecule has 0 saturated carbocycles. The van der Waals surface area contributed by atoms with E-state index in [1.807, 2.05) is 27.2 Å². The first-order chi connectivity index (χ1) is 43.5. The van der Waals surface area contributed by atoms with Crippen LogP contribution in [0, 0.1) is 0 Å². The molecule has 0 aliphatic carbocycles. The molecule has 0 bridgehead atoms. The molecule has 0 aromatic rings. The zero-order valence-electron chi connectivity index (χ0n) is 61.2. The highest BCUT2D eigenvalue weighted by molar-refractivity contribution is 7.47. The number of amides is 1. The zero-order chi connectivity index (χ0) is 64.8. The fraction of sp³-hybridized carbons (Fsp3) is 0.963. The van der Waals surface area contributed by atoms with Crippen LogP contribution in [0.2, 0.25) is 0 Å². The lowest BCUT2D eigenvalue weighted by atomic mass is 10.0. The summed E-state index contributed by atoms with van der Waals surface area (Å²) in [5, 5.41) is 14.1. The fourth-order valence-electron chi connectivity index (χ4n) is 13.0. The van der Waals surface area contributed by atoms with Crippen molar-refractivity contribution in [1.29, 1.82) is 0 Å². The second-order valence-electron chi connectivity index (χ2n) is 29.5. The minimum absolute atomic E-state index is 0.0657. The van der Waals surface area contributed by atoms with Crippen LogP contribution in [-0.4, -0.2) is 73.4 Å². The van der Waals surface area contributed by atoms with Crippen molar-refractivity contribution in [2.75, 3.05) is 40.9 Å². The van der Waals surface area contributed by atoms with Crippen molar-refractivity contribution >= 4 is 13.7 Å². The fourth-order valence-corrected chi connectivity index (χ4v) is 13.7. The third kappa shape index (κ3) is 74.5. The molecule has 89 heavy (non-hydrogen) atoms. The van der Waals surface area contributed by atoms with E-state index >= 15 is 0 Å². The molecule has 0 aliphatic rings. The van der Waals surface area contributed by atoms with Crippen molar-refractivity contribution in [3.63, 3.8) is 0 Å². The lowest BCUT2D eigenvalue weighted by Gasteiger charge is -2.25. The average molecular weight is 1280 g/mol. The lowest BCUT2D eigenvalue weighted by molar-refractivity contribution is -0.870. The van der Waals surface area contributed by atoms with Gasteiger partial charge in [-0.25, -0.2) is 4.57 Å². The maximum Gasteiger partial charge on any atom is 0.472 e. The minimum Gasteiger partial charge on any atom is -0.387 e. The summed E-state index contributed by atoms with van der Waals surface area (Å²) in [5.74, 6) is -0.165. The minimum atomic E-state index is -4.35. The van der Waals surface area contributed by atoms with E-state index in [0.717, 1.165) is 32.1 Å². The number of aliphatic hydroxyl groups excluding tert-OH is 1. The van der Waals surface area contributed by atoms with Gasteiger partial charge in [0.05, 0.1) is 39.9 Å². The van der Waals surface area contributed by atoms with E-state index < -0.39 is 20.0 Å². The van der Waals surface area contributed by atoms with Gasteiger partial charge in [-0.3, -0.25) is 13.8 Å². The van der Waals surface area contributed by atoms with Crippen LogP contribution in [0.15, 0.2) is 12.2 Å². The number of allylic oxidation sites excluding steroid dienone is 1. The van der Waals surface area contributed by atoms with Crippen LogP contribution in [0.3, 0.4) is 0 Å². The molecule has 532 valence electrons. The van der Waals surface area contributed by atoms with Crippen molar-refractivity contribution in [2.24, 2.45) is 0 Å². The number of aliphatic hydroxyl groups is 1. The highest BCUT2D eigenvalue weighted by atomic mass is 31.2. The summed E-state index contributed by atoms with van der Waals surface area (Å²) in [6.07, 6.45) is 94.2. The molecular formula is C80H162N2O6P+. The predicted molar refractivity (Wildman–Crippen MR) is 392 cm³/mol. The number of quaternary nitrogens is 1. The van der Waals surface area contributed by atoms with Gasteiger partial charge in [-0.05, 0) is 19.3 Å². The number of hydrogen-bond acceptors (Lipinski definition) is 5. The van der Waals surface area contributed by atoms with Crippen molar-refractivity contribution in [3.05, 3.63) is 12.2 Å². The second-order valence-corrected chi connectivity index (χ2v) is 31.0. The topological polar surface area (TPSA) is 105 Å². The van der Waals surface area contributed by atoms with E-state index in [2.05, 4.69) is 19.2 Å². The molecule has 0 aromatic heterocycles. The number of phosphoric acid groups is 1. The summed E-state index contributed by atoms with van der Waals surface area (Å²) in [5.41, 5.74) is 0. The van der Waals surface area contributed by atoms with Crippen LogP contribution >= 0.6 is 7.82 Å². The molecule has 0 heterocycles. The van der Waals surface area contributed by atoms with Crippen molar-refractivity contribution < 1.29 is 32.9 Å². The number of likely N-dealkylation sites (N-methyl/N-ethyl adjacent to an activating group) is 1. The van der Waals surface area contributed by atoms with Crippen LogP contribution in [0.5, 0.6) is 0 Å². The Kier molecular flexibility index (Phi) is 70.9. The molecule has 0 aromatic carbocycles. The summed E-state index contributed by atoms with van der Waals surface area (Å²) in [6.45, 7) is 4.90. The third-order valence-corrected chi connectivity index (χ3v) is 20.2. The highest BCUT2D eigenvalue weighted by Gasteiger charge is 2.28. The highest BCUT2D eigenvalue weighted by Crippen LogP contribution is 2.43. The molecule has 3 N–H and O–H groups in total. The molecule has 0 radical (unpaired) electrons. The van der Waals surface area contributed by atoms with Gasteiger partial charge in [0.1, 0.15) is 13.2 Å². The Balaban J connectivity index is 3.91. The van der Waals surface area contributed by atoms with E-state index in [0.29, 0.717) is 17.4 Å². The van der Waals surface area contributed by atoms with E-state index in [-0.39, 0.29) is 19.1 Å². The number of nitrogens with zero attached hydrogens (tertiary/aromatic N) is 1. The van der Waals surface area contributed by atoms with Gasteiger partial charge >= 0.3 is 7.82 Å². The molecule has 0 aliphatic heterocycles. The van der Waals surface area contributed by atoms with Crippen molar-refractivity contribution in [3.8, 4) is 0 Å². The van der Waals surface area contributed by atoms with Gasteiger partial charge in [0.25, 0.3) is 0 Å². The largest absolute Gasteiger partial charge is 0.472 e. The number of unbranched alkanes of at least 4 members (excludes halogenated alkanes) is 64. The monoisotopic (exact) mass is 1280 g/mol. The maximum absolute atomic E-state index is 13.1. The van der Waals surface area contributed by atoms with Crippen LogP contribution in [0.4, 0.5) is 0 Å². The Bertz CT molecular complexity index is 1460. The van der Waals surface area contributed by atoms with Gasteiger partial charge in [-0.2, -0.15) is 0 Å². The zero-order valence-corrected chi connectivity index (χ0v) is 62.1. The average Bonchev–Trinajstić information content (AvgIpc) is 3.68. The Hall–Kier alpha value is -0.760. The number of hydrogen-bond donors (Lipinski definition) is 3. The van der Waals surface area contributed by atoms with Crippen LogP contribution < -0.4 is 5.32 Å². The molecule has 3 unspecified atom stereocenters. The molecule has 9 heteroatoms. The summed E-state index contributed by atoms with van der Waals surface area (Å²) in [4.78, 5) is 23.5. The molecule has 0 saturated heterocycles. The maximum atomic E-state index is 13.1. The number of phosphoric ester groups is 1. The van der Waals surface area contributed by atoms with Gasteiger partial charge < -0.3 is 19.8 Å². The van der Waals surface area contributed by atoms with Gasteiger partial charge in [0, 0.05) is 6.42 Å². The van der Waals surface area contributed by atoms with E-state index in [1.165, 1.54) is 392 Å². The quantitative estimate of drug-likeness (QED) is 0.0243. The summed E-state index contributed by atoms with van der Waals surface area (Å²) < 4.78 is 23.9. The van der Waals surface area contributed by atoms with Gasteiger partial charge in [0.15, 0.2) is 0 Å². The molecule has 8 nitrogen and oxygen atoms in total. The Labute approximate surface area is 558 Å². The Morgan fingerprint density at radius 1 is 0.371 bits per heavy atom. The predicted octanol–water partition coefficient (Wildman–Crippen LogP) is 26.4. The standard InChI is InChI=1S/C80H161N2O6P/c1-6-8-10-12-14-16-18-20-22-24-26-28-30-32-34-36-38-39-40-41-42-43-44-46-48-50-52-54-56-58-60-62-64-66-68-70-72-74-80(84)81-78(77-88-89(85,86)87-76-75-82(3,4)5)79(83)73-71-69-67-65-63-61-59-57-55-53-51-49-47-45-37-35-33-31-29-27-25-23-21-19-17-15-13-11-9-7-2/h71,73,78-79,83H,6-70,72,74-77H2,1-5H3,(H-,81,84,85,86)/p+1/b73-71+. The van der Waals surface area contributed by atoms with Crippen molar-refractivity contribution in [2.45, 2.75) is 456 Å². The van der Waals surface area contributed by atoms with Crippen molar-refractivity contribution in [1.82, 2.24) is 5.32 Å². The van der Waals surface area contributed by atoms with Gasteiger partial charge in [0.2, 0.25) is 5.91 Å². The first-order valence-corrected chi connectivity index (χ1v) is 42.1. The molecule has 0 spiro atoms. The molecule has 3 atom stereocenters. The van der Waals surface area contributed by atoms with E-state index in [1.54, 1.807) is 6.08 Å². The summed E-state index contributed by atoms with van der Waals surface area (Å²) >= 11 is 0. The first kappa shape index (κ1) is 88.2.